The van der Waals surface area contributed by atoms with E-state index in [1.54, 1.807) is 0 Å². The number of pyridine rings is 1. The summed E-state index contributed by atoms with van der Waals surface area (Å²) in [6.07, 6.45) is 3.99. The summed E-state index contributed by atoms with van der Waals surface area (Å²) < 4.78 is 0. The van der Waals surface area contributed by atoms with Crippen LogP contribution in [0.5, 0.6) is 0 Å². The lowest BCUT2D eigenvalue weighted by Gasteiger charge is -2.16. The van der Waals surface area contributed by atoms with Gasteiger partial charge >= 0.3 is 0 Å². The molecular formula is C17H19N3O. The van der Waals surface area contributed by atoms with E-state index in [4.69, 9.17) is 0 Å². The maximum atomic E-state index is 11.1. The summed E-state index contributed by atoms with van der Waals surface area (Å²) in [5, 5.41) is 6.37. The molecule has 1 heterocycles. The number of hydrogen-bond acceptors (Lipinski definition) is 3. The molecule has 0 fully saturated rings. The van der Waals surface area contributed by atoms with E-state index in [0.29, 0.717) is 0 Å². The average molecular weight is 281 g/mol. The number of rotatable bonds is 3. The largest absolute Gasteiger partial charge is 0.377 e. The smallest absolute Gasteiger partial charge is 0.221 e. The second-order valence-electron chi connectivity index (χ2n) is 5.49. The van der Waals surface area contributed by atoms with Crippen LogP contribution >= 0.6 is 0 Å². The zero-order chi connectivity index (χ0) is 14.8. The summed E-state index contributed by atoms with van der Waals surface area (Å²) in [4.78, 5) is 15.6. The van der Waals surface area contributed by atoms with E-state index in [2.05, 4.69) is 27.8 Å². The molecular weight excluding hydrogens is 262 g/mol. The predicted molar refractivity (Wildman–Crippen MR) is 84.4 cm³/mol. The molecule has 0 spiro atoms. The molecule has 1 aromatic heterocycles. The van der Waals surface area contributed by atoms with Crippen molar-refractivity contribution in [1.82, 2.24) is 4.98 Å². The summed E-state index contributed by atoms with van der Waals surface area (Å²) in [5.41, 5.74) is 5.46. The van der Waals surface area contributed by atoms with Crippen LogP contribution < -0.4 is 10.6 Å². The fourth-order valence-corrected chi connectivity index (χ4v) is 2.84. The van der Waals surface area contributed by atoms with Gasteiger partial charge in [0.1, 0.15) is 0 Å². The third kappa shape index (κ3) is 2.89. The summed E-state index contributed by atoms with van der Waals surface area (Å²) in [6.45, 7) is 3.52. The number of aryl methyl sites for hydroxylation is 2. The second-order valence-corrected chi connectivity index (χ2v) is 5.49. The molecule has 4 nitrogen and oxygen atoms in total. The first-order valence-corrected chi connectivity index (χ1v) is 7.22. The summed E-state index contributed by atoms with van der Waals surface area (Å²) in [7, 11) is 0. The number of nitrogens with zero attached hydrogens (tertiary/aromatic N) is 1. The minimum Gasteiger partial charge on any atom is -0.377 e. The molecule has 1 unspecified atom stereocenters. The number of fused-ring (bicyclic) bond motifs is 1. The molecule has 1 aliphatic carbocycles. The van der Waals surface area contributed by atoms with Crippen molar-refractivity contribution in [2.24, 2.45) is 0 Å². The molecule has 0 aliphatic heterocycles. The van der Waals surface area contributed by atoms with E-state index in [1.165, 1.54) is 12.5 Å². The number of benzene rings is 1. The molecule has 1 aliphatic rings. The highest BCUT2D eigenvalue weighted by Gasteiger charge is 2.23. The van der Waals surface area contributed by atoms with Gasteiger partial charge in [-0.05, 0) is 55.2 Å². The molecule has 1 amide bonds. The normalized spacial score (nSPS) is 16.4. The van der Waals surface area contributed by atoms with E-state index >= 15 is 0 Å². The van der Waals surface area contributed by atoms with Crippen molar-refractivity contribution in [3.8, 4) is 0 Å². The summed E-state index contributed by atoms with van der Waals surface area (Å²) >= 11 is 0. The SMILES string of the molecule is CC(=O)Nc1ccc(NC2CCc3cccnc32)cc1C. The monoisotopic (exact) mass is 281 g/mol. The first-order valence-electron chi connectivity index (χ1n) is 7.22. The van der Waals surface area contributed by atoms with Crippen molar-refractivity contribution in [1.29, 1.82) is 0 Å². The van der Waals surface area contributed by atoms with Gasteiger partial charge in [-0.1, -0.05) is 6.07 Å². The Morgan fingerprint density at radius 1 is 1.33 bits per heavy atom. The van der Waals surface area contributed by atoms with Crippen molar-refractivity contribution in [2.45, 2.75) is 32.7 Å². The van der Waals surface area contributed by atoms with Crippen LogP contribution in [-0.4, -0.2) is 10.9 Å². The van der Waals surface area contributed by atoms with E-state index in [9.17, 15) is 4.79 Å². The maximum absolute atomic E-state index is 11.1. The lowest BCUT2D eigenvalue weighted by atomic mass is 10.1. The zero-order valence-corrected chi connectivity index (χ0v) is 12.3. The van der Waals surface area contributed by atoms with Crippen molar-refractivity contribution >= 4 is 17.3 Å². The van der Waals surface area contributed by atoms with E-state index in [0.717, 1.165) is 35.5 Å². The Hall–Kier alpha value is -2.36. The number of anilines is 2. The van der Waals surface area contributed by atoms with Gasteiger partial charge in [-0.25, -0.2) is 0 Å². The van der Waals surface area contributed by atoms with Gasteiger partial charge in [0, 0.05) is 24.5 Å². The third-order valence-electron chi connectivity index (χ3n) is 3.84. The highest BCUT2D eigenvalue weighted by atomic mass is 16.1. The van der Waals surface area contributed by atoms with Crippen LogP contribution in [0.1, 0.15) is 36.2 Å². The first-order chi connectivity index (χ1) is 10.1. The van der Waals surface area contributed by atoms with Crippen LogP contribution in [0, 0.1) is 6.92 Å². The molecule has 3 rings (SSSR count). The van der Waals surface area contributed by atoms with E-state index in [-0.39, 0.29) is 11.9 Å². The van der Waals surface area contributed by atoms with E-state index < -0.39 is 0 Å². The Kier molecular flexibility index (Phi) is 3.60. The van der Waals surface area contributed by atoms with Gasteiger partial charge in [-0.15, -0.1) is 0 Å². The lowest BCUT2D eigenvalue weighted by Crippen LogP contribution is -2.10. The summed E-state index contributed by atoms with van der Waals surface area (Å²) in [5.74, 6) is -0.0484. The molecule has 1 aromatic carbocycles. The molecule has 0 bridgehead atoms. The quantitative estimate of drug-likeness (QED) is 0.906. The zero-order valence-electron chi connectivity index (χ0n) is 12.3. The number of carbonyl (C=O) groups excluding carboxylic acids is 1. The van der Waals surface area contributed by atoms with Gasteiger partial charge in [-0.3, -0.25) is 9.78 Å². The molecule has 108 valence electrons. The van der Waals surface area contributed by atoms with Crippen molar-refractivity contribution in [3.63, 3.8) is 0 Å². The van der Waals surface area contributed by atoms with Gasteiger partial charge in [0.05, 0.1) is 11.7 Å². The molecule has 4 heteroatoms. The van der Waals surface area contributed by atoms with Crippen LogP contribution in [-0.2, 0) is 11.2 Å². The summed E-state index contributed by atoms with van der Waals surface area (Å²) in [6, 6.07) is 10.4. The Labute approximate surface area is 124 Å². The molecule has 0 saturated carbocycles. The molecule has 0 radical (unpaired) electrons. The number of carbonyl (C=O) groups is 1. The molecule has 2 N–H and O–H groups in total. The van der Waals surface area contributed by atoms with Crippen LogP contribution in [0.3, 0.4) is 0 Å². The number of aromatic nitrogens is 1. The Balaban J connectivity index is 1.77. The van der Waals surface area contributed by atoms with Gasteiger partial charge in [0.25, 0.3) is 0 Å². The van der Waals surface area contributed by atoms with Crippen LogP contribution in [0.25, 0.3) is 0 Å². The van der Waals surface area contributed by atoms with E-state index in [1.807, 2.05) is 31.3 Å². The van der Waals surface area contributed by atoms with Crippen molar-refractivity contribution < 1.29 is 4.79 Å². The topological polar surface area (TPSA) is 54.0 Å². The fraction of sp³-hybridized carbons (Fsp3) is 0.294. The van der Waals surface area contributed by atoms with Gasteiger partial charge in [0.2, 0.25) is 5.91 Å². The first kappa shape index (κ1) is 13.6. The van der Waals surface area contributed by atoms with Crippen LogP contribution in [0.4, 0.5) is 11.4 Å². The molecule has 21 heavy (non-hydrogen) atoms. The average Bonchev–Trinajstić information content (AvgIpc) is 2.85. The molecule has 2 aromatic rings. The van der Waals surface area contributed by atoms with Crippen LogP contribution in [0.2, 0.25) is 0 Å². The highest BCUT2D eigenvalue weighted by Crippen LogP contribution is 2.32. The number of amides is 1. The highest BCUT2D eigenvalue weighted by molar-refractivity contribution is 5.89. The van der Waals surface area contributed by atoms with Crippen molar-refractivity contribution in [3.05, 3.63) is 53.3 Å². The fourth-order valence-electron chi connectivity index (χ4n) is 2.84. The Bertz CT molecular complexity index is 681. The Morgan fingerprint density at radius 2 is 2.19 bits per heavy atom. The standard InChI is InChI=1S/C17H19N3O/c1-11-10-14(6-8-15(11)19-12(2)21)20-16-7-5-13-4-3-9-18-17(13)16/h3-4,6,8-10,16,20H,5,7H2,1-2H3,(H,19,21). The van der Waals surface area contributed by atoms with Gasteiger partial charge < -0.3 is 10.6 Å². The number of hydrogen-bond donors (Lipinski definition) is 2. The third-order valence-corrected chi connectivity index (χ3v) is 3.84. The van der Waals surface area contributed by atoms with Gasteiger partial charge in [-0.2, -0.15) is 0 Å². The van der Waals surface area contributed by atoms with Gasteiger partial charge in [0.15, 0.2) is 0 Å². The molecule has 1 atom stereocenters. The van der Waals surface area contributed by atoms with Crippen LogP contribution in [0.15, 0.2) is 36.5 Å². The minimum absolute atomic E-state index is 0.0484. The predicted octanol–water partition coefficient (Wildman–Crippen LogP) is 3.45. The Morgan fingerprint density at radius 3 is 2.95 bits per heavy atom. The number of nitrogens with one attached hydrogen (secondary N) is 2. The second kappa shape index (κ2) is 5.56. The lowest BCUT2D eigenvalue weighted by molar-refractivity contribution is -0.114. The minimum atomic E-state index is -0.0484. The molecule has 0 saturated heterocycles. The maximum Gasteiger partial charge on any atom is 0.221 e. The van der Waals surface area contributed by atoms with Crippen molar-refractivity contribution in [2.75, 3.05) is 10.6 Å².